The summed E-state index contributed by atoms with van der Waals surface area (Å²) in [5, 5.41) is -5.92. The van der Waals surface area contributed by atoms with Crippen LogP contribution in [0.5, 0.6) is 0 Å². The van der Waals surface area contributed by atoms with Crippen LogP contribution in [-0.2, 0) is 19.6 Å². The van der Waals surface area contributed by atoms with Crippen LogP contribution in [-0.4, -0.2) is 30.8 Å². The van der Waals surface area contributed by atoms with Crippen LogP contribution in [0.15, 0.2) is 30.3 Å². The van der Waals surface area contributed by atoms with Crippen molar-refractivity contribution in [1.29, 1.82) is 0 Å². The maximum absolute atomic E-state index is 12.8. The summed E-state index contributed by atoms with van der Waals surface area (Å²) >= 11 is 5.67. The van der Waals surface area contributed by atoms with Crippen LogP contribution in [0, 0.1) is 0 Å². The molecular formula is C10H9ClF2O5S. The number of ether oxygens (including phenoxy) is 1. The van der Waals surface area contributed by atoms with Crippen molar-refractivity contribution >= 4 is 27.7 Å². The van der Waals surface area contributed by atoms with Gasteiger partial charge in [0.25, 0.3) is 0 Å². The first-order valence-corrected chi connectivity index (χ1v) is 6.73. The van der Waals surface area contributed by atoms with Crippen LogP contribution in [0.3, 0.4) is 0 Å². The number of hydrogen-bond acceptors (Lipinski definition) is 4. The van der Waals surface area contributed by atoms with Gasteiger partial charge in [-0.15, -0.1) is 11.6 Å². The predicted molar refractivity (Wildman–Crippen MR) is 62.5 cm³/mol. The lowest BCUT2D eigenvalue weighted by molar-refractivity contribution is -0.149. The molecule has 0 fully saturated rings. The fraction of sp³-hybridized carbons (Fsp3) is 0.300. The number of halogens is 3. The predicted octanol–water partition coefficient (Wildman–Crippen LogP) is 1.99. The highest BCUT2D eigenvalue weighted by Crippen LogP contribution is 2.25. The second-order valence-electron chi connectivity index (χ2n) is 3.49. The third kappa shape index (κ3) is 4.12. The average Bonchev–Trinajstić information content (AvgIpc) is 2.35. The molecular weight excluding hydrogens is 306 g/mol. The third-order valence-electron chi connectivity index (χ3n) is 2.06. The van der Waals surface area contributed by atoms with Gasteiger partial charge in [0.1, 0.15) is 0 Å². The van der Waals surface area contributed by atoms with Gasteiger partial charge in [-0.2, -0.15) is 17.2 Å². The molecule has 106 valence electrons. The molecule has 5 nitrogen and oxygen atoms in total. The Balaban J connectivity index is 2.67. The topological polar surface area (TPSA) is 80.7 Å². The summed E-state index contributed by atoms with van der Waals surface area (Å²) in [7, 11) is -5.64. The van der Waals surface area contributed by atoms with Gasteiger partial charge < -0.3 is 4.74 Å². The molecule has 0 saturated carbocycles. The zero-order chi connectivity index (χ0) is 14.7. The largest absolute Gasteiger partial charge is 0.457 e. The fourth-order valence-electron chi connectivity index (χ4n) is 1.06. The van der Waals surface area contributed by atoms with Crippen molar-refractivity contribution in [2.24, 2.45) is 0 Å². The highest BCUT2D eigenvalue weighted by atomic mass is 35.5. The van der Waals surface area contributed by atoms with Gasteiger partial charge in [0, 0.05) is 0 Å². The fourth-order valence-corrected chi connectivity index (χ4v) is 1.48. The van der Waals surface area contributed by atoms with Gasteiger partial charge >= 0.3 is 21.3 Å². The van der Waals surface area contributed by atoms with Crippen LogP contribution in [0.25, 0.3) is 0 Å². The molecule has 0 aliphatic rings. The minimum absolute atomic E-state index is 0.310. The van der Waals surface area contributed by atoms with Crippen LogP contribution in [0.4, 0.5) is 8.78 Å². The Bertz CT molecular complexity index is 546. The van der Waals surface area contributed by atoms with Gasteiger partial charge in [-0.25, -0.2) is 0 Å². The standard InChI is InChI=1S/C10H9ClF2O5S/c11-8(7-4-2-1-3-5-7)9(14)18-6-10(12,13)19(15,16)17/h1-5,8H,6H2,(H,15,16,17). The van der Waals surface area contributed by atoms with Crippen molar-refractivity contribution < 1.29 is 31.3 Å². The molecule has 0 aliphatic carbocycles. The van der Waals surface area contributed by atoms with Gasteiger partial charge in [-0.05, 0) is 5.56 Å². The molecule has 1 aromatic carbocycles. The maximum atomic E-state index is 12.8. The molecule has 1 atom stereocenters. The lowest BCUT2D eigenvalue weighted by Gasteiger charge is -2.15. The number of benzene rings is 1. The van der Waals surface area contributed by atoms with E-state index in [9.17, 15) is 22.0 Å². The summed E-state index contributed by atoms with van der Waals surface area (Å²) in [4.78, 5) is 11.4. The van der Waals surface area contributed by atoms with E-state index >= 15 is 0 Å². The molecule has 0 heterocycles. The molecule has 1 unspecified atom stereocenters. The van der Waals surface area contributed by atoms with Gasteiger partial charge in [-0.3, -0.25) is 9.35 Å². The molecule has 0 saturated heterocycles. The summed E-state index contributed by atoms with van der Waals surface area (Å²) in [5.41, 5.74) is 0.310. The van der Waals surface area contributed by atoms with Crippen LogP contribution >= 0.6 is 11.6 Å². The number of carbonyl (C=O) groups is 1. The first kappa shape index (κ1) is 15.8. The molecule has 0 aromatic heterocycles. The summed E-state index contributed by atoms with van der Waals surface area (Å²) in [5.74, 6) is -1.24. The van der Waals surface area contributed by atoms with E-state index in [0.29, 0.717) is 5.56 Å². The summed E-state index contributed by atoms with van der Waals surface area (Å²) in [6, 6.07) is 7.75. The van der Waals surface area contributed by atoms with E-state index in [-0.39, 0.29) is 0 Å². The SMILES string of the molecule is O=C(OCC(F)(F)S(=O)(=O)O)C(Cl)c1ccccc1. The van der Waals surface area contributed by atoms with Crippen molar-refractivity contribution in [3.63, 3.8) is 0 Å². The highest BCUT2D eigenvalue weighted by Gasteiger charge is 2.46. The van der Waals surface area contributed by atoms with E-state index < -0.39 is 33.3 Å². The van der Waals surface area contributed by atoms with Crippen molar-refractivity contribution in [3.8, 4) is 0 Å². The van der Waals surface area contributed by atoms with Crippen LogP contribution in [0.1, 0.15) is 10.9 Å². The monoisotopic (exact) mass is 314 g/mol. The van der Waals surface area contributed by atoms with E-state index in [0.717, 1.165) is 0 Å². The van der Waals surface area contributed by atoms with Crippen molar-refractivity contribution in [3.05, 3.63) is 35.9 Å². The number of rotatable bonds is 5. The van der Waals surface area contributed by atoms with Gasteiger partial charge in [0.2, 0.25) is 0 Å². The van der Waals surface area contributed by atoms with E-state index in [1.165, 1.54) is 12.1 Å². The molecule has 0 bridgehead atoms. The van der Waals surface area contributed by atoms with Crippen LogP contribution in [0.2, 0.25) is 0 Å². The van der Waals surface area contributed by atoms with E-state index in [1.807, 2.05) is 0 Å². The van der Waals surface area contributed by atoms with E-state index in [2.05, 4.69) is 4.74 Å². The molecule has 9 heteroatoms. The Morgan fingerprint density at radius 2 is 1.89 bits per heavy atom. The number of hydrogen-bond donors (Lipinski definition) is 1. The van der Waals surface area contributed by atoms with E-state index in [1.54, 1.807) is 18.2 Å². The zero-order valence-corrected chi connectivity index (χ0v) is 10.9. The summed E-state index contributed by atoms with van der Waals surface area (Å²) in [6.45, 7) is -1.80. The maximum Gasteiger partial charge on any atom is 0.402 e. The third-order valence-corrected chi connectivity index (χ3v) is 3.36. The number of alkyl halides is 3. The molecule has 0 aliphatic heterocycles. The molecule has 0 amide bonds. The Morgan fingerprint density at radius 3 is 2.37 bits per heavy atom. The summed E-state index contributed by atoms with van der Waals surface area (Å²) < 4.78 is 58.5. The van der Waals surface area contributed by atoms with E-state index in [4.69, 9.17) is 16.2 Å². The highest BCUT2D eigenvalue weighted by molar-refractivity contribution is 7.86. The molecule has 0 radical (unpaired) electrons. The Morgan fingerprint density at radius 1 is 1.37 bits per heavy atom. The Kier molecular flexibility index (Phi) is 4.83. The first-order chi connectivity index (χ1) is 8.65. The van der Waals surface area contributed by atoms with Gasteiger partial charge in [0.15, 0.2) is 12.0 Å². The average molecular weight is 315 g/mol. The Labute approximate surface area is 112 Å². The second-order valence-corrected chi connectivity index (χ2v) is 5.48. The van der Waals surface area contributed by atoms with Crippen molar-refractivity contribution in [2.75, 3.05) is 6.61 Å². The van der Waals surface area contributed by atoms with Crippen molar-refractivity contribution in [2.45, 2.75) is 10.6 Å². The van der Waals surface area contributed by atoms with Crippen LogP contribution < -0.4 is 0 Å². The molecule has 1 aromatic rings. The Hall–Kier alpha value is -1.25. The van der Waals surface area contributed by atoms with Crippen molar-refractivity contribution in [1.82, 2.24) is 0 Å². The second kappa shape index (κ2) is 5.81. The molecule has 19 heavy (non-hydrogen) atoms. The number of carbonyl (C=O) groups excluding carboxylic acids is 1. The molecule has 1 rings (SSSR count). The van der Waals surface area contributed by atoms with Gasteiger partial charge in [0.05, 0.1) is 0 Å². The van der Waals surface area contributed by atoms with Gasteiger partial charge in [-0.1, -0.05) is 30.3 Å². The molecule has 0 spiro atoms. The first-order valence-electron chi connectivity index (χ1n) is 4.85. The zero-order valence-electron chi connectivity index (χ0n) is 9.29. The normalized spacial score (nSPS) is 13.9. The minimum atomic E-state index is -5.64. The summed E-state index contributed by atoms with van der Waals surface area (Å²) in [6.07, 6.45) is 0. The lowest BCUT2D eigenvalue weighted by Crippen LogP contribution is -2.35. The molecule has 1 N–H and O–H groups in total. The quantitative estimate of drug-likeness (QED) is 0.511. The minimum Gasteiger partial charge on any atom is -0.457 e. The number of esters is 1. The lowest BCUT2D eigenvalue weighted by atomic mass is 10.1. The smallest absolute Gasteiger partial charge is 0.402 e.